The van der Waals surface area contributed by atoms with E-state index in [2.05, 4.69) is 44.0 Å². The summed E-state index contributed by atoms with van der Waals surface area (Å²) < 4.78 is 0. The lowest BCUT2D eigenvalue weighted by Crippen LogP contribution is -2.39. The average molecular weight is 247 g/mol. The van der Waals surface area contributed by atoms with Crippen molar-refractivity contribution < 1.29 is 5.11 Å². The number of benzene rings is 1. The molecule has 0 fully saturated rings. The molecule has 1 unspecified atom stereocenters. The van der Waals surface area contributed by atoms with Gasteiger partial charge in [-0.3, -0.25) is 0 Å². The van der Waals surface area contributed by atoms with Gasteiger partial charge in [0, 0.05) is 12.7 Å². The number of hydrogen-bond acceptors (Lipinski definition) is 2. The fourth-order valence-electron chi connectivity index (χ4n) is 2.91. The molecule has 2 nitrogen and oxygen atoms in total. The maximum atomic E-state index is 9.52. The molecule has 1 atom stereocenters. The first-order valence-electron chi connectivity index (χ1n) is 7.09. The molecule has 1 N–H and O–H groups in total. The second kappa shape index (κ2) is 5.75. The Morgan fingerprint density at radius 2 is 1.83 bits per heavy atom. The van der Waals surface area contributed by atoms with Gasteiger partial charge in [0.1, 0.15) is 0 Å². The van der Waals surface area contributed by atoms with Gasteiger partial charge in [0.15, 0.2) is 0 Å². The fourth-order valence-corrected chi connectivity index (χ4v) is 2.91. The van der Waals surface area contributed by atoms with Crippen molar-refractivity contribution in [2.75, 3.05) is 18.6 Å². The van der Waals surface area contributed by atoms with Crippen molar-refractivity contribution >= 4 is 5.69 Å². The number of hydrogen-bond donors (Lipinski definition) is 1. The molecule has 0 bridgehead atoms. The van der Waals surface area contributed by atoms with Gasteiger partial charge >= 0.3 is 0 Å². The van der Waals surface area contributed by atoms with Gasteiger partial charge in [-0.15, -0.1) is 0 Å². The molecule has 0 spiro atoms. The molecule has 0 aliphatic heterocycles. The van der Waals surface area contributed by atoms with Gasteiger partial charge in [0.2, 0.25) is 0 Å². The Kier molecular flexibility index (Phi) is 4.28. The summed E-state index contributed by atoms with van der Waals surface area (Å²) in [6, 6.07) is 7.00. The van der Waals surface area contributed by atoms with Crippen LogP contribution in [-0.4, -0.2) is 24.8 Å². The van der Waals surface area contributed by atoms with Gasteiger partial charge in [0.05, 0.1) is 12.6 Å². The Morgan fingerprint density at radius 1 is 1.17 bits per heavy atom. The zero-order chi connectivity index (χ0) is 13.1. The number of nitrogens with zero attached hydrogens (tertiary/aromatic N) is 1. The SMILES string of the molecule is CC(C)C(CO)N(C)c1ccc2c(c1)CCCC2. The molecule has 0 saturated heterocycles. The van der Waals surface area contributed by atoms with Crippen LogP contribution in [0.5, 0.6) is 0 Å². The van der Waals surface area contributed by atoms with Crippen LogP contribution in [-0.2, 0) is 12.8 Å². The molecule has 0 amide bonds. The maximum Gasteiger partial charge on any atom is 0.0637 e. The second-order valence-electron chi connectivity index (χ2n) is 5.76. The van der Waals surface area contributed by atoms with Crippen LogP contribution < -0.4 is 4.90 Å². The molecule has 1 aliphatic rings. The predicted molar refractivity (Wildman–Crippen MR) is 77.2 cm³/mol. The van der Waals surface area contributed by atoms with E-state index in [-0.39, 0.29) is 12.6 Å². The first kappa shape index (κ1) is 13.4. The third-order valence-electron chi connectivity index (χ3n) is 4.19. The number of likely N-dealkylation sites (N-methyl/N-ethyl adjacent to an activating group) is 1. The van der Waals surface area contributed by atoms with E-state index in [0.717, 1.165) is 0 Å². The van der Waals surface area contributed by atoms with Crippen molar-refractivity contribution in [3.63, 3.8) is 0 Å². The van der Waals surface area contributed by atoms with E-state index in [0.29, 0.717) is 5.92 Å². The van der Waals surface area contributed by atoms with Crippen LogP contribution in [0.25, 0.3) is 0 Å². The molecule has 2 rings (SSSR count). The van der Waals surface area contributed by atoms with Gasteiger partial charge in [-0.25, -0.2) is 0 Å². The van der Waals surface area contributed by atoms with Crippen LogP contribution in [0.4, 0.5) is 5.69 Å². The molecule has 100 valence electrons. The van der Waals surface area contributed by atoms with Gasteiger partial charge < -0.3 is 10.0 Å². The third-order valence-corrected chi connectivity index (χ3v) is 4.19. The molecular weight excluding hydrogens is 222 g/mol. The summed E-state index contributed by atoms with van der Waals surface area (Å²) in [6.07, 6.45) is 5.08. The summed E-state index contributed by atoms with van der Waals surface area (Å²) in [5.41, 5.74) is 4.26. The minimum absolute atomic E-state index is 0.201. The summed E-state index contributed by atoms with van der Waals surface area (Å²) >= 11 is 0. The third kappa shape index (κ3) is 2.69. The van der Waals surface area contributed by atoms with Crippen molar-refractivity contribution in [2.45, 2.75) is 45.6 Å². The average Bonchev–Trinajstić information content (AvgIpc) is 2.38. The Balaban J connectivity index is 2.22. The summed E-state index contributed by atoms with van der Waals surface area (Å²) in [5.74, 6) is 0.455. The standard InChI is InChI=1S/C16H25NO/c1-12(2)16(11-18)17(3)15-9-8-13-6-4-5-7-14(13)10-15/h8-10,12,16,18H,4-7,11H2,1-3H3. The number of anilines is 1. The van der Waals surface area contributed by atoms with Crippen molar-refractivity contribution in [1.82, 2.24) is 0 Å². The Bertz CT molecular complexity index is 400. The molecule has 1 aliphatic carbocycles. The van der Waals surface area contributed by atoms with E-state index < -0.39 is 0 Å². The molecule has 2 heteroatoms. The summed E-state index contributed by atoms with van der Waals surface area (Å²) in [4.78, 5) is 2.22. The van der Waals surface area contributed by atoms with Crippen molar-refractivity contribution in [3.8, 4) is 0 Å². The van der Waals surface area contributed by atoms with Crippen molar-refractivity contribution in [3.05, 3.63) is 29.3 Å². The Labute approximate surface area is 111 Å². The van der Waals surface area contributed by atoms with Gasteiger partial charge in [-0.05, 0) is 54.9 Å². The molecule has 1 aromatic carbocycles. The zero-order valence-electron chi connectivity index (χ0n) is 11.8. The molecule has 0 heterocycles. The number of rotatable bonds is 4. The number of aliphatic hydroxyl groups is 1. The van der Waals surface area contributed by atoms with E-state index in [1.165, 1.54) is 42.5 Å². The number of aliphatic hydroxyl groups excluding tert-OH is 1. The smallest absolute Gasteiger partial charge is 0.0637 e. The van der Waals surface area contributed by atoms with Crippen molar-refractivity contribution in [2.24, 2.45) is 5.92 Å². The van der Waals surface area contributed by atoms with E-state index in [1.807, 2.05) is 0 Å². The first-order chi connectivity index (χ1) is 8.63. The van der Waals surface area contributed by atoms with Crippen LogP contribution in [0.2, 0.25) is 0 Å². The van der Waals surface area contributed by atoms with Crippen LogP contribution in [0, 0.1) is 5.92 Å². The highest BCUT2D eigenvalue weighted by Gasteiger charge is 2.19. The van der Waals surface area contributed by atoms with E-state index in [4.69, 9.17) is 0 Å². The lowest BCUT2D eigenvalue weighted by atomic mass is 9.91. The van der Waals surface area contributed by atoms with Gasteiger partial charge in [-0.2, -0.15) is 0 Å². The quantitative estimate of drug-likeness (QED) is 0.884. The molecule has 18 heavy (non-hydrogen) atoms. The molecular formula is C16H25NO. The van der Waals surface area contributed by atoms with Gasteiger partial charge in [0.25, 0.3) is 0 Å². The van der Waals surface area contributed by atoms with Crippen LogP contribution >= 0.6 is 0 Å². The highest BCUT2D eigenvalue weighted by atomic mass is 16.3. The topological polar surface area (TPSA) is 23.5 Å². The van der Waals surface area contributed by atoms with E-state index >= 15 is 0 Å². The number of aryl methyl sites for hydroxylation is 2. The minimum atomic E-state index is 0.201. The maximum absolute atomic E-state index is 9.52. The molecule has 0 saturated carbocycles. The summed E-state index contributed by atoms with van der Waals surface area (Å²) in [6.45, 7) is 4.54. The lowest BCUT2D eigenvalue weighted by molar-refractivity contribution is 0.234. The second-order valence-corrected chi connectivity index (χ2v) is 5.76. The summed E-state index contributed by atoms with van der Waals surface area (Å²) in [7, 11) is 2.09. The van der Waals surface area contributed by atoms with E-state index in [9.17, 15) is 5.11 Å². The monoisotopic (exact) mass is 247 g/mol. The first-order valence-corrected chi connectivity index (χ1v) is 7.09. The Morgan fingerprint density at radius 3 is 2.44 bits per heavy atom. The number of fused-ring (bicyclic) bond motifs is 1. The Hall–Kier alpha value is -1.02. The highest BCUT2D eigenvalue weighted by molar-refractivity contribution is 5.52. The zero-order valence-corrected chi connectivity index (χ0v) is 11.8. The van der Waals surface area contributed by atoms with Crippen LogP contribution in [0.3, 0.4) is 0 Å². The van der Waals surface area contributed by atoms with Crippen LogP contribution in [0.15, 0.2) is 18.2 Å². The lowest BCUT2D eigenvalue weighted by Gasteiger charge is -2.32. The normalized spacial score (nSPS) is 16.5. The predicted octanol–water partition coefficient (Wildman–Crippen LogP) is 3.02. The van der Waals surface area contributed by atoms with E-state index in [1.54, 1.807) is 0 Å². The molecule has 0 aromatic heterocycles. The highest BCUT2D eigenvalue weighted by Crippen LogP contribution is 2.27. The van der Waals surface area contributed by atoms with Gasteiger partial charge in [-0.1, -0.05) is 19.9 Å². The largest absolute Gasteiger partial charge is 0.394 e. The van der Waals surface area contributed by atoms with Crippen molar-refractivity contribution in [1.29, 1.82) is 0 Å². The minimum Gasteiger partial charge on any atom is -0.394 e. The molecule has 0 radical (unpaired) electrons. The molecule has 1 aromatic rings. The summed E-state index contributed by atoms with van der Waals surface area (Å²) in [5, 5.41) is 9.52. The fraction of sp³-hybridized carbons (Fsp3) is 0.625. The van der Waals surface area contributed by atoms with Crippen LogP contribution in [0.1, 0.15) is 37.8 Å².